The molecule has 1 saturated carbocycles. The fourth-order valence-corrected chi connectivity index (χ4v) is 5.44. The molecule has 1 aliphatic heterocycles. The van der Waals surface area contributed by atoms with E-state index in [4.69, 9.17) is 4.74 Å². The van der Waals surface area contributed by atoms with Crippen molar-refractivity contribution in [3.05, 3.63) is 70.3 Å². The molecule has 3 amide bonds. The minimum atomic E-state index is -0.673. The SMILES string of the molecule is Cc1ccc2c(c1)CCN(C(=O)C1CC1)C2C(=O)N[C@H]1Cc2ccccc2[C@@H]1NC(=O)OC(C)(C)C. The van der Waals surface area contributed by atoms with Crippen molar-refractivity contribution in [3.8, 4) is 0 Å². The van der Waals surface area contributed by atoms with Crippen LogP contribution in [-0.2, 0) is 27.2 Å². The molecule has 2 aromatic rings. The minimum absolute atomic E-state index is 0.0321. The normalized spacial score (nSPS) is 22.9. The topological polar surface area (TPSA) is 87.7 Å². The Morgan fingerprint density at radius 2 is 1.72 bits per heavy atom. The Bertz CT molecular complexity index is 1200. The first-order chi connectivity index (χ1) is 17.1. The van der Waals surface area contributed by atoms with Gasteiger partial charge in [0.15, 0.2) is 0 Å². The van der Waals surface area contributed by atoms with E-state index in [-0.39, 0.29) is 23.8 Å². The number of hydrogen-bond donors (Lipinski definition) is 2. The molecule has 5 rings (SSSR count). The van der Waals surface area contributed by atoms with E-state index in [1.165, 1.54) is 0 Å². The summed E-state index contributed by atoms with van der Waals surface area (Å²) in [4.78, 5) is 41.5. The first-order valence-electron chi connectivity index (χ1n) is 12.9. The van der Waals surface area contributed by atoms with Gasteiger partial charge in [-0.3, -0.25) is 9.59 Å². The van der Waals surface area contributed by atoms with Crippen LogP contribution in [0.2, 0.25) is 0 Å². The maximum absolute atomic E-state index is 13.9. The molecular weight excluding hydrogens is 454 g/mol. The molecule has 1 unspecified atom stereocenters. The number of aryl methyl sites for hydroxylation is 1. The highest BCUT2D eigenvalue weighted by Gasteiger charge is 2.43. The van der Waals surface area contributed by atoms with Gasteiger partial charge in [-0.2, -0.15) is 0 Å². The van der Waals surface area contributed by atoms with Crippen molar-refractivity contribution in [1.82, 2.24) is 15.5 Å². The molecule has 7 nitrogen and oxygen atoms in total. The first kappa shape index (κ1) is 24.3. The predicted molar refractivity (Wildman–Crippen MR) is 136 cm³/mol. The summed E-state index contributed by atoms with van der Waals surface area (Å²) in [5.41, 5.74) is 4.57. The Morgan fingerprint density at radius 1 is 0.972 bits per heavy atom. The number of hydrogen-bond acceptors (Lipinski definition) is 4. The highest BCUT2D eigenvalue weighted by atomic mass is 16.6. The maximum Gasteiger partial charge on any atom is 0.408 e. The highest BCUT2D eigenvalue weighted by molar-refractivity contribution is 5.91. The van der Waals surface area contributed by atoms with E-state index in [0.29, 0.717) is 13.0 Å². The molecule has 0 spiro atoms. The van der Waals surface area contributed by atoms with E-state index in [0.717, 1.165) is 47.1 Å². The number of rotatable bonds is 4. The molecule has 0 saturated heterocycles. The van der Waals surface area contributed by atoms with Gasteiger partial charge in [0.1, 0.15) is 11.6 Å². The van der Waals surface area contributed by atoms with E-state index >= 15 is 0 Å². The van der Waals surface area contributed by atoms with Crippen molar-refractivity contribution in [1.29, 1.82) is 0 Å². The number of ether oxygens (including phenoxy) is 1. The number of nitrogens with one attached hydrogen (secondary N) is 2. The Morgan fingerprint density at radius 3 is 2.44 bits per heavy atom. The second-order valence-electron chi connectivity index (χ2n) is 11.3. The van der Waals surface area contributed by atoms with Gasteiger partial charge in [-0.1, -0.05) is 48.0 Å². The first-order valence-corrected chi connectivity index (χ1v) is 12.9. The Labute approximate surface area is 212 Å². The quantitative estimate of drug-likeness (QED) is 0.676. The van der Waals surface area contributed by atoms with Crippen LogP contribution >= 0.6 is 0 Å². The van der Waals surface area contributed by atoms with Gasteiger partial charge in [0.05, 0.1) is 12.1 Å². The van der Waals surface area contributed by atoms with Crippen LogP contribution in [0.5, 0.6) is 0 Å². The number of carbonyl (C=O) groups is 3. The summed E-state index contributed by atoms with van der Waals surface area (Å²) in [6.45, 7) is 8.04. The molecule has 7 heteroatoms. The van der Waals surface area contributed by atoms with Gasteiger partial charge >= 0.3 is 6.09 Å². The second kappa shape index (κ2) is 9.26. The van der Waals surface area contributed by atoms with E-state index < -0.39 is 23.8 Å². The van der Waals surface area contributed by atoms with Gasteiger partial charge in [-0.25, -0.2) is 4.79 Å². The zero-order valence-corrected chi connectivity index (χ0v) is 21.5. The summed E-state index contributed by atoms with van der Waals surface area (Å²) in [5, 5.41) is 6.19. The Balaban J connectivity index is 1.42. The lowest BCUT2D eigenvalue weighted by molar-refractivity contribution is -0.142. The lowest BCUT2D eigenvalue weighted by Gasteiger charge is -2.37. The van der Waals surface area contributed by atoms with Gasteiger partial charge in [0.25, 0.3) is 0 Å². The predicted octanol–water partition coefficient (Wildman–Crippen LogP) is 4.14. The van der Waals surface area contributed by atoms with Crippen molar-refractivity contribution in [2.75, 3.05) is 6.54 Å². The van der Waals surface area contributed by atoms with Crippen LogP contribution in [0.4, 0.5) is 4.79 Å². The lowest BCUT2D eigenvalue weighted by atomic mass is 9.90. The molecule has 2 aliphatic carbocycles. The molecule has 36 heavy (non-hydrogen) atoms. The third-order valence-electron chi connectivity index (χ3n) is 7.22. The van der Waals surface area contributed by atoms with Crippen LogP contribution < -0.4 is 10.6 Å². The number of amides is 3. The van der Waals surface area contributed by atoms with Crippen molar-refractivity contribution >= 4 is 17.9 Å². The number of nitrogens with zero attached hydrogens (tertiary/aromatic N) is 1. The molecule has 1 fully saturated rings. The molecule has 0 radical (unpaired) electrons. The third-order valence-corrected chi connectivity index (χ3v) is 7.22. The summed E-state index contributed by atoms with van der Waals surface area (Å²) >= 11 is 0. The van der Waals surface area contributed by atoms with Crippen LogP contribution in [-0.4, -0.2) is 41.0 Å². The highest BCUT2D eigenvalue weighted by Crippen LogP contribution is 2.38. The molecule has 0 bridgehead atoms. The number of fused-ring (bicyclic) bond motifs is 2. The average molecular weight is 490 g/mol. The Hall–Kier alpha value is -3.35. The van der Waals surface area contributed by atoms with Gasteiger partial charge in [0.2, 0.25) is 11.8 Å². The smallest absolute Gasteiger partial charge is 0.408 e. The Kier molecular flexibility index (Phi) is 6.27. The van der Waals surface area contributed by atoms with E-state index in [1.54, 1.807) is 4.90 Å². The van der Waals surface area contributed by atoms with Crippen LogP contribution in [0.3, 0.4) is 0 Å². The van der Waals surface area contributed by atoms with Crippen LogP contribution in [0.25, 0.3) is 0 Å². The van der Waals surface area contributed by atoms with E-state index in [1.807, 2.05) is 64.1 Å². The second-order valence-corrected chi connectivity index (χ2v) is 11.3. The number of alkyl carbamates (subject to hydrolysis) is 1. The monoisotopic (exact) mass is 489 g/mol. The summed E-state index contributed by atoms with van der Waals surface area (Å²) < 4.78 is 5.51. The number of benzene rings is 2. The third kappa shape index (κ3) is 4.97. The van der Waals surface area contributed by atoms with Crippen LogP contribution in [0.1, 0.15) is 73.5 Å². The fraction of sp³-hybridized carbons (Fsp3) is 0.483. The van der Waals surface area contributed by atoms with E-state index in [2.05, 4.69) is 16.7 Å². The zero-order chi connectivity index (χ0) is 25.6. The molecule has 190 valence electrons. The van der Waals surface area contributed by atoms with Gasteiger partial charge in [0, 0.05) is 12.5 Å². The molecule has 2 N–H and O–H groups in total. The van der Waals surface area contributed by atoms with Gasteiger partial charge < -0.3 is 20.3 Å². The zero-order valence-electron chi connectivity index (χ0n) is 21.5. The largest absolute Gasteiger partial charge is 0.444 e. The van der Waals surface area contributed by atoms with Crippen LogP contribution in [0.15, 0.2) is 42.5 Å². The lowest BCUT2D eigenvalue weighted by Crippen LogP contribution is -2.52. The number of carbonyl (C=O) groups excluding carboxylic acids is 3. The van der Waals surface area contributed by atoms with Crippen LogP contribution in [0, 0.1) is 12.8 Å². The average Bonchev–Trinajstić information content (AvgIpc) is 3.61. The van der Waals surface area contributed by atoms with Crippen molar-refractivity contribution in [2.24, 2.45) is 5.92 Å². The van der Waals surface area contributed by atoms with Crippen molar-refractivity contribution in [3.63, 3.8) is 0 Å². The van der Waals surface area contributed by atoms with Crippen molar-refractivity contribution in [2.45, 2.75) is 77.1 Å². The minimum Gasteiger partial charge on any atom is -0.444 e. The molecule has 2 aromatic carbocycles. The molecule has 3 atom stereocenters. The summed E-state index contributed by atoms with van der Waals surface area (Å²) in [7, 11) is 0. The maximum atomic E-state index is 13.9. The van der Waals surface area contributed by atoms with Gasteiger partial charge in [-0.15, -0.1) is 0 Å². The molecule has 3 aliphatic rings. The van der Waals surface area contributed by atoms with Gasteiger partial charge in [-0.05, 0) is 75.6 Å². The summed E-state index contributed by atoms with van der Waals surface area (Å²) in [6, 6.07) is 12.6. The molecule has 1 heterocycles. The summed E-state index contributed by atoms with van der Waals surface area (Å²) in [5.74, 6) is -0.105. The van der Waals surface area contributed by atoms with Crippen molar-refractivity contribution < 1.29 is 19.1 Å². The van der Waals surface area contributed by atoms with E-state index in [9.17, 15) is 14.4 Å². The standard InChI is InChI=1S/C29H35N3O4/c1-17-9-12-22-20(15-17)13-14-32(27(34)18-10-11-18)25(22)26(33)30-23-16-19-7-5-6-8-21(19)24(23)31-28(35)36-29(2,3)4/h5-9,12,15,18,23-25H,10-11,13-14,16H2,1-4H3,(H,30,33)(H,31,35)/t23-,24-,25?/m0/s1. The molecular formula is C29H35N3O4. The summed E-state index contributed by atoms with van der Waals surface area (Å²) in [6.07, 6.45) is 2.60. The fourth-order valence-electron chi connectivity index (χ4n) is 5.44. The molecule has 0 aromatic heterocycles.